The van der Waals surface area contributed by atoms with E-state index in [2.05, 4.69) is 26.5 Å². The minimum absolute atomic E-state index is 0.120. The summed E-state index contributed by atoms with van der Waals surface area (Å²) in [5, 5.41) is 13.8. The molecule has 4 nitrogen and oxygen atoms in total. The first-order valence-corrected chi connectivity index (χ1v) is 7.13. The molecule has 0 aliphatic heterocycles. The van der Waals surface area contributed by atoms with Gasteiger partial charge < -0.3 is 9.84 Å². The van der Waals surface area contributed by atoms with Crippen LogP contribution in [0.3, 0.4) is 0 Å². The topological polar surface area (TPSA) is 53.8 Å². The molecule has 0 unspecified atom stereocenters. The molecule has 0 aliphatic rings. The lowest BCUT2D eigenvalue weighted by Gasteiger charge is -2.08. The predicted molar refractivity (Wildman–Crippen MR) is 85.0 cm³/mol. The molecule has 0 saturated heterocycles. The van der Waals surface area contributed by atoms with Gasteiger partial charge in [-0.3, -0.25) is 5.43 Å². The van der Waals surface area contributed by atoms with E-state index >= 15 is 0 Å². The van der Waals surface area contributed by atoms with E-state index in [4.69, 9.17) is 4.74 Å². The highest BCUT2D eigenvalue weighted by atomic mass is 79.9. The lowest BCUT2D eigenvalue weighted by Crippen LogP contribution is -2.05. The van der Waals surface area contributed by atoms with Gasteiger partial charge in [-0.25, -0.2) is 0 Å². The summed E-state index contributed by atoms with van der Waals surface area (Å²) in [5.41, 5.74) is 2.24. The van der Waals surface area contributed by atoms with Crippen LogP contribution in [0.5, 0.6) is 11.5 Å². The molecule has 0 saturated carbocycles. The molecule has 0 aromatic heterocycles. The zero-order chi connectivity index (χ0) is 17.0. The van der Waals surface area contributed by atoms with Gasteiger partial charge in [0.2, 0.25) is 0 Å². The average Bonchev–Trinajstić information content (AvgIpc) is 2.49. The third kappa shape index (κ3) is 4.38. The van der Waals surface area contributed by atoms with E-state index in [0.29, 0.717) is 10.0 Å². The Kier molecular flexibility index (Phi) is 5.15. The molecule has 2 N–H and O–H groups in total. The number of aromatic hydroxyl groups is 1. The first-order valence-electron chi connectivity index (χ1n) is 6.34. The summed E-state index contributed by atoms with van der Waals surface area (Å²) < 4.78 is 43.5. The maximum atomic E-state index is 12.6. The van der Waals surface area contributed by atoms with Gasteiger partial charge >= 0.3 is 6.18 Å². The van der Waals surface area contributed by atoms with E-state index in [-0.39, 0.29) is 17.2 Å². The highest BCUT2D eigenvalue weighted by molar-refractivity contribution is 9.10. The molecule has 0 amide bonds. The molecule has 2 rings (SSSR count). The molecule has 0 spiro atoms. The normalized spacial score (nSPS) is 11.7. The molecule has 23 heavy (non-hydrogen) atoms. The maximum absolute atomic E-state index is 12.6. The molecule has 0 aliphatic carbocycles. The molecule has 0 bridgehead atoms. The Morgan fingerprint density at radius 3 is 2.65 bits per heavy atom. The van der Waals surface area contributed by atoms with Crippen molar-refractivity contribution < 1.29 is 23.0 Å². The van der Waals surface area contributed by atoms with Crippen molar-refractivity contribution in [3.8, 4) is 11.5 Å². The van der Waals surface area contributed by atoms with Crippen LogP contribution in [-0.2, 0) is 6.18 Å². The summed E-state index contributed by atoms with van der Waals surface area (Å²) in [6.45, 7) is 0. The minimum atomic E-state index is -4.42. The number of phenolic OH excluding ortho intramolecular Hbond substituents is 1. The van der Waals surface area contributed by atoms with Gasteiger partial charge in [-0.15, -0.1) is 0 Å². The zero-order valence-electron chi connectivity index (χ0n) is 11.9. The van der Waals surface area contributed by atoms with Crippen molar-refractivity contribution in [3.05, 3.63) is 52.0 Å². The van der Waals surface area contributed by atoms with Crippen LogP contribution in [0.2, 0.25) is 0 Å². The Balaban J connectivity index is 2.18. The van der Waals surface area contributed by atoms with Gasteiger partial charge in [-0.1, -0.05) is 22.0 Å². The molecular weight excluding hydrogens is 377 g/mol. The van der Waals surface area contributed by atoms with E-state index < -0.39 is 11.7 Å². The van der Waals surface area contributed by atoms with E-state index in [1.165, 1.54) is 25.5 Å². The van der Waals surface area contributed by atoms with Crippen molar-refractivity contribution in [1.82, 2.24) is 0 Å². The van der Waals surface area contributed by atoms with E-state index in [0.717, 1.165) is 12.1 Å². The van der Waals surface area contributed by atoms with Gasteiger partial charge in [0, 0.05) is 10.0 Å². The van der Waals surface area contributed by atoms with Crippen molar-refractivity contribution in [1.29, 1.82) is 0 Å². The van der Waals surface area contributed by atoms with Crippen LogP contribution in [0, 0.1) is 0 Å². The number of alkyl halides is 3. The first-order chi connectivity index (χ1) is 10.8. The molecule has 2 aromatic carbocycles. The number of ether oxygens (including phenoxy) is 1. The number of hydrazone groups is 1. The summed E-state index contributed by atoms with van der Waals surface area (Å²) in [5.74, 6) is 0.130. The molecule has 0 heterocycles. The van der Waals surface area contributed by atoms with Crippen LogP contribution >= 0.6 is 15.9 Å². The highest BCUT2D eigenvalue weighted by Gasteiger charge is 2.30. The van der Waals surface area contributed by atoms with Crippen LogP contribution in [-0.4, -0.2) is 18.4 Å². The van der Waals surface area contributed by atoms with Gasteiger partial charge in [0.05, 0.1) is 24.6 Å². The molecule has 0 fully saturated rings. The van der Waals surface area contributed by atoms with E-state index in [1.807, 2.05) is 0 Å². The number of nitrogens with zero attached hydrogens (tertiary/aromatic N) is 1. The Bertz CT molecular complexity index is 733. The molecule has 0 radical (unpaired) electrons. The fourth-order valence-electron chi connectivity index (χ4n) is 1.79. The van der Waals surface area contributed by atoms with Crippen LogP contribution in [0.4, 0.5) is 18.9 Å². The number of hydrogen-bond acceptors (Lipinski definition) is 4. The zero-order valence-corrected chi connectivity index (χ0v) is 13.4. The second-order valence-electron chi connectivity index (χ2n) is 4.49. The number of methoxy groups -OCH3 is 1. The van der Waals surface area contributed by atoms with Gasteiger partial charge in [0.15, 0.2) is 11.5 Å². The molecular formula is C15H12BrF3N2O2. The lowest BCUT2D eigenvalue weighted by molar-refractivity contribution is -0.137. The summed E-state index contributed by atoms with van der Waals surface area (Å²) in [6, 6.07) is 7.81. The third-order valence-corrected chi connectivity index (χ3v) is 3.33. The van der Waals surface area contributed by atoms with Crippen molar-refractivity contribution in [2.24, 2.45) is 5.10 Å². The Morgan fingerprint density at radius 2 is 2.00 bits per heavy atom. The first kappa shape index (κ1) is 17.1. The van der Waals surface area contributed by atoms with Gasteiger partial charge in [0.1, 0.15) is 0 Å². The Morgan fingerprint density at radius 1 is 1.26 bits per heavy atom. The number of hydrogen-bond donors (Lipinski definition) is 2. The van der Waals surface area contributed by atoms with Crippen LogP contribution in [0.15, 0.2) is 46.0 Å². The predicted octanol–water partition coefficient (Wildman–Crippen LogP) is 4.63. The number of halogens is 4. The number of phenols is 1. The quantitative estimate of drug-likeness (QED) is 0.593. The van der Waals surface area contributed by atoms with Crippen molar-refractivity contribution in [3.63, 3.8) is 0 Å². The lowest BCUT2D eigenvalue weighted by atomic mass is 10.2. The Labute approximate surface area is 138 Å². The van der Waals surface area contributed by atoms with Crippen molar-refractivity contribution >= 4 is 27.8 Å². The summed E-state index contributed by atoms with van der Waals surface area (Å²) >= 11 is 3.26. The van der Waals surface area contributed by atoms with Crippen LogP contribution in [0.1, 0.15) is 11.1 Å². The largest absolute Gasteiger partial charge is 0.504 e. The summed E-state index contributed by atoms with van der Waals surface area (Å²) in [6.07, 6.45) is -3.14. The molecule has 122 valence electrons. The van der Waals surface area contributed by atoms with E-state index in [1.54, 1.807) is 12.1 Å². The summed E-state index contributed by atoms with van der Waals surface area (Å²) in [4.78, 5) is 0. The fraction of sp³-hybridized carbons (Fsp3) is 0.133. The second-order valence-corrected chi connectivity index (χ2v) is 5.41. The third-order valence-electron chi connectivity index (χ3n) is 2.88. The maximum Gasteiger partial charge on any atom is 0.416 e. The van der Waals surface area contributed by atoms with E-state index in [9.17, 15) is 18.3 Å². The van der Waals surface area contributed by atoms with Crippen molar-refractivity contribution in [2.75, 3.05) is 12.5 Å². The Hall–Kier alpha value is -2.22. The molecule has 2 aromatic rings. The summed E-state index contributed by atoms with van der Waals surface area (Å²) in [7, 11) is 1.41. The monoisotopic (exact) mass is 388 g/mol. The number of nitrogens with one attached hydrogen (secondary N) is 1. The fourth-order valence-corrected chi connectivity index (χ4v) is 2.24. The average molecular weight is 389 g/mol. The van der Waals surface area contributed by atoms with Gasteiger partial charge in [0.25, 0.3) is 0 Å². The minimum Gasteiger partial charge on any atom is -0.504 e. The molecule has 0 atom stereocenters. The number of anilines is 1. The second kappa shape index (κ2) is 6.91. The van der Waals surface area contributed by atoms with Gasteiger partial charge in [-0.2, -0.15) is 18.3 Å². The SMILES string of the molecule is COc1cc(Br)cc(C=NNc2cccc(C(F)(F)F)c2)c1O. The highest BCUT2D eigenvalue weighted by Crippen LogP contribution is 2.33. The molecule has 8 heteroatoms. The van der Waals surface area contributed by atoms with Crippen LogP contribution in [0.25, 0.3) is 0 Å². The van der Waals surface area contributed by atoms with Gasteiger partial charge in [-0.05, 0) is 30.3 Å². The van der Waals surface area contributed by atoms with Crippen LogP contribution < -0.4 is 10.2 Å². The number of benzene rings is 2. The van der Waals surface area contributed by atoms with Crippen molar-refractivity contribution in [2.45, 2.75) is 6.18 Å². The number of rotatable bonds is 4. The smallest absolute Gasteiger partial charge is 0.416 e. The standard InChI is InChI=1S/C15H12BrF3N2O2/c1-23-13-7-11(16)5-9(14(13)22)8-20-21-12-4-2-3-10(6-12)15(17,18)19/h2-8,21-22H,1H3.